The number of carbonyl (C=O) groups is 1. The lowest BCUT2D eigenvalue weighted by molar-refractivity contribution is -0.120. The monoisotopic (exact) mass is 384 g/mol. The van der Waals surface area contributed by atoms with Crippen molar-refractivity contribution in [2.45, 2.75) is 6.42 Å². The zero-order valence-corrected chi connectivity index (χ0v) is 14.5. The fraction of sp³-hybridized carbons (Fsp3) is 0.0556. The molecule has 0 bridgehead atoms. The van der Waals surface area contributed by atoms with Crippen LogP contribution in [0, 0.1) is 0 Å². The lowest BCUT2D eigenvalue weighted by atomic mass is 10.1. The number of nitrogens with one attached hydrogen (secondary N) is 2. The number of para-hydroxylation sites is 2. The van der Waals surface area contributed by atoms with E-state index in [1.54, 1.807) is 5.94 Å². The Bertz CT molecular complexity index is 1160. The number of phenolic OH excluding ortho intramolecular Hbond substituents is 1. The number of hydrogen-bond acceptors (Lipinski definition) is 6. The quantitative estimate of drug-likeness (QED) is 0.409. The Hall–Kier alpha value is -3.70. The molecule has 3 aromatic rings. The number of carbonyl (C=O) groups excluding carboxylic acids is 3. The highest BCUT2D eigenvalue weighted by Crippen LogP contribution is 2.10. The summed E-state index contributed by atoms with van der Waals surface area (Å²) in [5, 5.41) is 13.4. The predicted octanol–water partition coefficient (Wildman–Crippen LogP) is -0.611. The Morgan fingerprint density at radius 2 is 1.93 bits per heavy atom. The van der Waals surface area contributed by atoms with Crippen LogP contribution in [0.25, 0.3) is 11.0 Å². The van der Waals surface area contributed by atoms with Gasteiger partial charge in [0.05, 0.1) is 34.1 Å². The zero-order valence-electron chi connectivity index (χ0n) is 13.7. The Morgan fingerprint density at radius 1 is 1.22 bits per heavy atom. The molecule has 0 spiro atoms. The zero-order chi connectivity index (χ0) is 18.5. The molecule has 8 nitrogen and oxygen atoms in total. The van der Waals surface area contributed by atoms with Crippen LogP contribution < -0.4 is 15.9 Å². The standard InChI is InChI=1S/C18H12N4O4.ClH/c23-9-12-5-11(16(25)6-13(12)10-24)8-19-22-18(26)7-17-20-14-3-1-2-4-15(14)21-17;/h1-6,8,25H,7H2,(H,20,21)(H,22,26);1H/b19-8+;. The van der Waals surface area contributed by atoms with Crippen LogP contribution in [0.2, 0.25) is 0 Å². The van der Waals surface area contributed by atoms with E-state index in [1.807, 2.05) is 24.3 Å². The number of benzene rings is 2. The second-order valence-electron chi connectivity index (χ2n) is 5.33. The largest absolute Gasteiger partial charge is 0.507 e. The molecule has 1 amide bonds. The third-order valence-electron chi connectivity index (χ3n) is 3.55. The molecule has 136 valence electrons. The maximum Gasteiger partial charge on any atom is 0.247 e. The molecule has 0 saturated heterocycles. The minimum Gasteiger partial charge on any atom is -0.507 e. The molecule has 0 unspecified atom stereocenters. The van der Waals surface area contributed by atoms with Crippen LogP contribution in [-0.4, -0.2) is 39.1 Å². The molecule has 0 aliphatic heterocycles. The van der Waals surface area contributed by atoms with Gasteiger partial charge in [0.25, 0.3) is 0 Å². The summed E-state index contributed by atoms with van der Waals surface area (Å²) in [4.78, 5) is 40.7. The van der Waals surface area contributed by atoms with Crippen molar-refractivity contribution in [2.75, 3.05) is 0 Å². The number of imidazole rings is 1. The Kier molecular flexibility index (Phi) is 6.25. The average Bonchev–Trinajstić information content (AvgIpc) is 3.04. The van der Waals surface area contributed by atoms with Gasteiger partial charge >= 0.3 is 0 Å². The van der Waals surface area contributed by atoms with Gasteiger partial charge in [-0.15, -0.1) is 12.4 Å². The molecule has 1 aromatic heterocycles. The highest BCUT2D eigenvalue weighted by Gasteiger charge is 2.07. The predicted molar refractivity (Wildman–Crippen MR) is 99.7 cm³/mol. The van der Waals surface area contributed by atoms with Gasteiger partial charge in [-0.2, -0.15) is 5.10 Å². The number of fused-ring (bicyclic) bond motifs is 1. The van der Waals surface area contributed by atoms with Gasteiger partial charge in [0.2, 0.25) is 5.91 Å². The number of amides is 1. The number of halogens is 1. The molecule has 2 aromatic carbocycles. The second kappa shape index (κ2) is 8.60. The Morgan fingerprint density at radius 3 is 2.63 bits per heavy atom. The summed E-state index contributed by atoms with van der Waals surface area (Å²) in [5.41, 5.74) is 4.03. The Balaban J connectivity index is 0.00000261. The van der Waals surface area contributed by atoms with E-state index in [0.717, 1.165) is 23.3 Å². The molecule has 0 aliphatic rings. The van der Waals surface area contributed by atoms with E-state index in [2.05, 4.69) is 20.5 Å². The molecule has 0 fully saturated rings. The van der Waals surface area contributed by atoms with Gasteiger partial charge in [-0.05, 0) is 18.2 Å². The van der Waals surface area contributed by atoms with Crippen molar-refractivity contribution in [3.63, 3.8) is 0 Å². The van der Waals surface area contributed by atoms with E-state index < -0.39 is 5.91 Å². The molecular formula is C18H13ClN4O4. The number of aromatic amines is 1. The van der Waals surface area contributed by atoms with Crippen molar-refractivity contribution in [2.24, 2.45) is 5.10 Å². The van der Waals surface area contributed by atoms with Gasteiger partial charge in [-0.3, -0.25) is 4.79 Å². The maximum atomic E-state index is 11.9. The molecule has 27 heavy (non-hydrogen) atoms. The SMILES string of the molecule is Cl.O=C=c1cc(O)c(/C=N/NC(=O)Cc2nc3ccccc3[nH]2)cc1=C=O. The number of H-pyrrole nitrogens is 1. The molecule has 9 heteroatoms. The highest BCUT2D eigenvalue weighted by atomic mass is 35.5. The summed E-state index contributed by atoms with van der Waals surface area (Å²) in [6.45, 7) is 0. The summed E-state index contributed by atoms with van der Waals surface area (Å²) >= 11 is 0. The lowest BCUT2D eigenvalue weighted by Gasteiger charge is -1.99. The molecule has 0 aliphatic carbocycles. The number of aromatic hydroxyl groups is 1. The van der Waals surface area contributed by atoms with E-state index in [4.69, 9.17) is 0 Å². The number of rotatable bonds is 4. The second-order valence-corrected chi connectivity index (χ2v) is 5.33. The first kappa shape index (κ1) is 19.6. The topological polar surface area (TPSA) is 125 Å². The van der Waals surface area contributed by atoms with Crippen molar-refractivity contribution in [1.82, 2.24) is 15.4 Å². The first-order chi connectivity index (χ1) is 12.6. The van der Waals surface area contributed by atoms with E-state index in [1.165, 1.54) is 12.0 Å². The summed E-state index contributed by atoms with van der Waals surface area (Å²) in [6, 6.07) is 9.69. The van der Waals surface area contributed by atoms with Crippen molar-refractivity contribution >= 4 is 47.4 Å². The van der Waals surface area contributed by atoms with Crippen LogP contribution >= 0.6 is 12.4 Å². The van der Waals surface area contributed by atoms with Crippen LogP contribution in [0.1, 0.15) is 11.4 Å². The summed E-state index contributed by atoms with van der Waals surface area (Å²) in [6.07, 6.45) is 1.14. The van der Waals surface area contributed by atoms with Crippen molar-refractivity contribution in [1.29, 1.82) is 0 Å². The van der Waals surface area contributed by atoms with Crippen LogP contribution in [0.15, 0.2) is 41.5 Å². The van der Waals surface area contributed by atoms with Crippen molar-refractivity contribution in [3.05, 3.63) is 58.2 Å². The van der Waals surface area contributed by atoms with Gasteiger partial charge in [-0.25, -0.2) is 20.0 Å². The normalized spacial score (nSPS) is 10.2. The van der Waals surface area contributed by atoms with E-state index in [-0.39, 0.29) is 40.6 Å². The maximum absolute atomic E-state index is 11.9. The molecule has 3 N–H and O–H groups in total. The first-order valence-electron chi connectivity index (χ1n) is 7.49. The van der Waals surface area contributed by atoms with Crippen molar-refractivity contribution in [3.8, 4) is 5.75 Å². The molecule has 3 rings (SSSR count). The summed E-state index contributed by atoms with van der Waals surface area (Å²) in [5.74, 6) is 2.90. The minimum atomic E-state index is -0.417. The number of hydrazone groups is 1. The average molecular weight is 385 g/mol. The van der Waals surface area contributed by atoms with E-state index in [0.29, 0.717) is 5.82 Å². The number of nitrogens with zero attached hydrogens (tertiary/aromatic N) is 2. The number of hydrogen-bond donors (Lipinski definition) is 3. The van der Waals surface area contributed by atoms with Crippen LogP contribution in [0.4, 0.5) is 0 Å². The van der Waals surface area contributed by atoms with E-state index >= 15 is 0 Å². The lowest BCUT2D eigenvalue weighted by Crippen LogP contribution is -2.27. The van der Waals surface area contributed by atoms with Gasteiger partial charge in [0.1, 0.15) is 23.5 Å². The molecule has 0 atom stereocenters. The fourth-order valence-electron chi connectivity index (χ4n) is 2.33. The van der Waals surface area contributed by atoms with Gasteiger partial charge < -0.3 is 10.1 Å². The highest BCUT2D eigenvalue weighted by molar-refractivity contribution is 5.86. The smallest absolute Gasteiger partial charge is 0.247 e. The number of aromatic nitrogens is 2. The summed E-state index contributed by atoms with van der Waals surface area (Å²) in [7, 11) is 0. The Labute approximate surface area is 158 Å². The van der Waals surface area contributed by atoms with Crippen LogP contribution in [0.3, 0.4) is 0 Å². The number of phenols is 1. The third-order valence-corrected chi connectivity index (χ3v) is 3.55. The van der Waals surface area contributed by atoms with Crippen LogP contribution in [0.5, 0.6) is 5.75 Å². The summed E-state index contributed by atoms with van der Waals surface area (Å²) < 4.78 is 0. The molecule has 1 heterocycles. The molecule has 0 radical (unpaired) electrons. The van der Waals surface area contributed by atoms with Crippen molar-refractivity contribution < 1.29 is 19.5 Å². The van der Waals surface area contributed by atoms with Crippen LogP contribution in [-0.2, 0) is 20.8 Å². The minimum absolute atomic E-state index is 0. The fourth-order valence-corrected chi connectivity index (χ4v) is 2.33. The van der Waals surface area contributed by atoms with Gasteiger partial charge in [0.15, 0.2) is 0 Å². The first-order valence-corrected chi connectivity index (χ1v) is 7.49. The van der Waals surface area contributed by atoms with E-state index in [9.17, 15) is 19.5 Å². The molecule has 0 saturated carbocycles. The molecular weight excluding hydrogens is 372 g/mol. The third kappa shape index (κ3) is 4.48. The van der Waals surface area contributed by atoms with Gasteiger partial charge in [0, 0.05) is 11.6 Å². The van der Waals surface area contributed by atoms with Gasteiger partial charge in [-0.1, -0.05) is 12.1 Å².